The Kier molecular flexibility index (Phi) is 4.92. The topological polar surface area (TPSA) is 86.0 Å². The second-order valence-corrected chi connectivity index (χ2v) is 4.12. The van der Waals surface area contributed by atoms with Gasteiger partial charge in [0.1, 0.15) is 11.5 Å². The third-order valence-corrected chi connectivity index (χ3v) is 2.50. The average Bonchev–Trinajstić information content (AvgIpc) is 2.89. The Balaban J connectivity index is 1.80. The molecule has 1 amide bonds. The van der Waals surface area contributed by atoms with Crippen molar-refractivity contribution in [3.05, 3.63) is 41.7 Å². The van der Waals surface area contributed by atoms with Gasteiger partial charge in [0.2, 0.25) is 0 Å². The summed E-state index contributed by atoms with van der Waals surface area (Å²) in [6.07, 6.45) is 1.48. The van der Waals surface area contributed by atoms with Gasteiger partial charge < -0.3 is 19.4 Å². The molecule has 0 aliphatic carbocycles. The van der Waals surface area contributed by atoms with Crippen LogP contribution in [0.3, 0.4) is 0 Å². The molecular weight excluding hydrogens is 274 g/mol. The number of aromatic nitrogens is 1. The van der Waals surface area contributed by atoms with Crippen LogP contribution < -0.4 is 10.1 Å². The summed E-state index contributed by atoms with van der Waals surface area (Å²) in [5.74, 6) is 1.25. The van der Waals surface area contributed by atoms with Crippen LogP contribution in [0, 0.1) is 6.92 Å². The maximum absolute atomic E-state index is 11.5. The first-order chi connectivity index (χ1) is 10.2. The molecular formula is C14H15N3O4. The Hall–Kier alpha value is -2.83. The maximum Gasteiger partial charge on any atom is 0.266 e. The number of ether oxygens (including phenoxy) is 1. The summed E-state index contributed by atoms with van der Waals surface area (Å²) < 4.78 is 9.99. The highest BCUT2D eigenvalue weighted by atomic mass is 16.6. The van der Waals surface area contributed by atoms with E-state index in [0.717, 1.165) is 5.56 Å². The number of para-hydroxylation sites is 1. The van der Waals surface area contributed by atoms with Gasteiger partial charge in [0.05, 0.1) is 13.3 Å². The number of methoxy groups -OCH3 is 1. The normalized spacial score (nSPS) is 10.6. The molecule has 7 heteroatoms. The fourth-order valence-electron chi connectivity index (χ4n) is 1.57. The molecule has 0 aliphatic rings. The largest absolute Gasteiger partial charge is 0.496 e. The van der Waals surface area contributed by atoms with Crippen LogP contribution in [0.15, 0.2) is 40.0 Å². The number of anilines is 1. The van der Waals surface area contributed by atoms with Crippen LogP contribution in [0.2, 0.25) is 0 Å². The van der Waals surface area contributed by atoms with Gasteiger partial charge in [-0.2, -0.15) is 0 Å². The van der Waals surface area contributed by atoms with E-state index in [1.807, 2.05) is 18.2 Å². The van der Waals surface area contributed by atoms with Crippen molar-refractivity contribution < 1.29 is 18.9 Å². The van der Waals surface area contributed by atoms with E-state index in [1.165, 1.54) is 6.21 Å². The fraction of sp³-hybridized carbons (Fsp3) is 0.214. The van der Waals surface area contributed by atoms with E-state index >= 15 is 0 Å². The Morgan fingerprint density at radius 2 is 2.29 bits per heavy atom. The van der Waals surface area contributed by atoms with E-state index in [0.29, 0.717) is 17.3 Å². The van der Waals surface area contributed by atoms with E-state index in [2.05, 4.69) is 15.6 Å². The first-order valence-corrected chi connectivity index (χ1v) is 6.20. The molecule has 110 valence electrons. The van der Waals surface area contributed by atoms with E-state index < -0.39 is 0 Å². The first kappa shape index (κ1) is 14.6. The number of carbonyl (C=O) groups excluding carboxylic acids is 1. The quantitative estimate of drug-likeness (QED) is 0.649. The van der Waals surface area contributed by atoms with Crippen molar-refractivity contribution in [2.45, 2.75) is 6.92 Å². The summed E-state index contributed by atoms with van der Waals surface area (Å²) in [7, 11) is 1.57. The summed E-state index contributed by atoms with van der Waals surface area (Å²) in [5.41, 5.74) is 0.757. The van der Waals surface area contributed by atoms with Crippen LogP contribution in [-0.2, 0) is 9.63 Å². The van der Waals surface area contributed by atoms with Crippen molar-refractivity contribution in [1.82, 2.24) is 5.16 Å². The minimum absolute atomic E-state index is 0.225. The Bertz CT molecular complexity index is 637. The zero-order valence-corrected chi connectivity index (χ0v) is 11.7. The zero-order chi connectivity index (χ0) is 15.1. The van der Waals surface area contributed by atoms with Gasteiger partial charge in [-0.05, 0) is 19.1 Å². The van der Waals surface area contributed by atoms with Crippen molar-refractivity contribution in [3.8, 4) is 5.75 Å². The van der Waals surface area contributed by atoms with Crippen LogP contribution >= 0.6 is 0 Å². The third kappa shape index (κ3) is 4.34. The summed E-state index contributed by atoms with van der Waals surface area (Å²) in [5, 5.41) is 9.88. The molecule has 0 fully saturated rings. The number of oxime groups is 1. The Morgan fingerprint density at radius 3 is 3.00 bits per heavy atom. The lowest BCUT2D eigenvalue weighted by molar-refractivity contribution is -0.120. The monoisotopic (exact) mass is 289 g/mol. The lowest BCUT2D eigenvalue weighted by Crippen LogP contribution is -2.17. The fourth-order valence-corrected chi connectivity index (χ4v) is 1.57. The molecule has 0 spiro atoms. The Labute approximate surface area is 121 Å². The molecule has 21 heavy (non-hydrogen) atoms. The van der Waals surface area contributed by atoms with Crippen molar-refractivity contribution >= 4 is 17.9 Å². The molecule has 1 aromatic carbocycles. The molecule has 0 saturated heterocycles. The van der Waals surface area contributed by atoms with Crippen molar-refractivity contribution in [2.75, 3.05) is 19.0 Å². The number of carbonyl (C=O) groups is 1. The molecule has 0 bridgehead atoms. The second kappa shape index (κ2) is 7.09. The second-order valence-electron chi connectivity index (χ2n) is 4.12. The summed E-state index contributed by atoms with van der Waals surface area (Å²) in [6, 6.07) is 8.94. The number of aryl methyl sites for hydroxylation is 1. The zero-order valence-electron chi connectivity index (χ0n) is 11.7. The molecule has 7 nitrogen and oxygen atoms in total. The number of nitrogens with one attached hydrogen (secondary N) is 1. The van der Waals surface area contributed by atoms with E-state index in [4.69, 9.17) is 14.1 Å². The lowest BCUT2D eigenvalue weighted by atomic mass is 10.2. The molecule has 0 saturated carbocycles. The van der Waals surface area contributed by atoms with Crippen LogP contribution in [0.4, 0.5) is 5.82 Å². The van der Waals surface area contributed by atoms with Gasteiger partial charge in [-0.15, -0.1) is 0 Å². The molecule has 0 aliphatic heterocycles. The minimum Gasteiger partial charge on any atom is -0.496 e. The highest BCUT2D eigenvalue weighted by Crippen LogP contribution is 2.14. The van der Waals surface area contributed by atoms with Crippen molar-refractivity contribution in [3.63, 3.8) is 0 Å². The number of hydrogen-bond acceptors (Lipinski definition) is 6. The van der Waals surface area contributed by atoms with E-state index in [1.54, 1.807) is 26.2 Å². The molecule has 1 N–H and O–H groups in total. The van der Waals surface area contributed by atoms with Crippen LogP contribution in [0.5, 0.6) is 5.75 Å². The molecule has 1 aromatic heterocycles. The maximum atomic E-state index is 11.5. The van der Waals surface area contributed by atoms with Crippen LogP contribution in [-0.4, -0.2) is 31.0 Å². The number of nitrogens with zero attached hydrogens (tertiary/aromatic N) is 2. The molecule has 0 unspecified atom stereocenters. The smallest absolute Gasteiger partial charge is 0.266 e. The highest BCUT2D eigenvalue weighted by molar-refractivity contribution is 5.90. The van der Waals surface area contributed by atoms with Gasteiger partial charge >= 0.3 is 0 Å². The SMILES string of the molecule is COc1ccccc1/C=N\OCC(=O)Nc1cc(C)on1. The lowest BCUT2D eigenvalue weighted by Gasteiger charge is -2.03. The molecule has 2 aromatic rings. The van der Waals surface area contributed by atoms with Gasteiger partial charge in [-0.1, -0.05) is 22.4 Å². The highest BCUT2D eigenvalue weighted by Gasteiger charge is 2.06. The summed E-state index contributed by atoms with van der Waals surface area (Å²) in [4.78, 5) is 16.5. The predicted molar refractivity (Wildman–Crippen MR) is 76.4 cm³/mol. The van der Waals surface area contributed by atoms with Crippen molar-refractivity contribution in [2.24, 2.45) is 5.16 Å². The molecule has 2 rings (SSSR count). The molecule has 0 radical (unpaired) electrons. The van der Waals surface area contributed by atoms with E-state index in [-0.39, 0.29) is 12.5 Å². The number of hydrogen-bond donors (Lipinski definition) is 1. The number of rotatable bonds is 6. The summed E-state index contributed by atoms with van der Waals surface area (Å²) in [6.45, 7) is 1.51. The van der Waals surface area contributed by atoms with Crippen molar-refractivity contribution in [1.29, 1.82) is 0 Å². The minimum atomic E-state index is -0.375. The van der Waals surface area contributed by atoms with Gasteiger partial charge in [0, 0.05) is 11.6 Å². The molecule has 0 atom stereocenters. The van der Waals surface area contributed by atoms with Gasteiger partial charge in [0.15, 0.2) is 12.4 Å². The van der Waals surface area contributed by atoms with Crippen LogP contribution in [0.1, 0.15) is 11.3 Å². The number of benzene rings is 1. The van der Waals surface area contributed by atoms with Gasteiger partial charge in [-0.3, -0.25) is 4.79 Å². The number of amides is 1. The summed E-state index contributed by atoms with van der Waals surface area (Å²) >= 11 is 0. The predicted octanol–water partition coefficient (Wildman–Crippen LogP) is 1.98. The standard InChI is InChI=1S/C14H15N3O4/c1-10-7-13(17-21-10)16-14(18)9-20-15-8-11-5-3-4-6-12(11)19-2/h3-8H,9H2,1-2H3,(H,16,17,18)/b15-8-. The Morgan fingerprint density at radius 1 is 1.48 bits per heavy atom. The van der Waals surface area contributed by atoms with E-state index in [9.17, 15) is 4.79 Å². The first-order valence-electron chi connectivity index (χ1n) is 6.20. The average molecular weight is 289 g/mol. The third-order valence-electron chi connectivity index (χ3n) is 2.50. The van der Waals surface area contributed by atoms with Gasteiger partial charge in [-0.25, -0.2) is 0 Å². The van der Waals surface area contributed by atoms with Gasteiger partial charge in [0.25, 0.3) is 5.91 Å². The van der Waals surface area contributed by atoms with Crippen LogP contribution in [0.25, 0.3) is 0 Å². The molecule has 1 heterocycles.